The SMILES string of the molecule is CCCCCOc1ccc(C(=O)N(C)C2CCNCC2)cc1.Cl. The van der Waals surface area contributed by atoms with E-state index >= 15 is 0 Å². The Morgan fingerprint density at radius 2 is 1.87 bits per heavy atom. The Kier molecular flexibility index (Phi) is 9.03. The second-order valence-electron chi connectivity index (χ2n) is 5.98. The molecule has 1 aliphatic heterocycles. The monoisotopic (exact) mass is 340 g/mol. The summed E-state index contributed by atoms with van der Waals surface area (Å²) < 4.78 is 5.69. The average molecular weight is 341 g/mol. The first-order chi connectivity index (χ1) is 10.7. The highest BCUT2D eigenvalue weighted by Gasteiger charge is 2.22. The molecule has 0 unspecified atom stereocenters. The van der Waals surface area contributed by atoms with Gasteiger partial charge in [-0.3, -0.25) is 4.79 Å². The minimum Gasteiger partial charge on any atom is -0.494 e. The number of carbonyl (C=O) groups is 1. The predicted octanol–water partition coefficient (Wildman–Crippen LogP) is 3.50. The number of nitrogens with one attached hydrogen (secondary N) is 1. The minimum atomic E-state index is 0. The van der Waals surface area contributed by atoms with Crippen molar-refractivity contribution in [3.05, 3.63) is 29.8 Å². The van der Waals surface area contributed by atoms with Gasteiger partial charge in [0.05, 0.1) is 6.61 Å². The zero-order chi connectivity index (χ0) is 15.8. The molecule has 0 spiro atoms. The van der Waals surface area contributed by atoms with Crippen LogP contribution in [0.1, 0.15) is 49.4 Å². The number of carbonyl (C=O) groups excluding carboxylic acids is 1. The molecule has 1 saturated heterocycles. The predicted molar refractivity (Wildman–Crippen MR) is 96.7 cm³/mol. The second kappa shape index (κ2) is 10.5. The maximum absolute atomic E-state index is 12.5. The molecule has 4 nitrogen and oxygen atoms in total. The summed E-state index contributed by atoms with van der Waals surface area (Å²) in [6, 6.07) is 7.88. The molecule has 1 amide bonds. The lowest BCUT2D eigenvalue weighted by Gasteiger charge is -2.31. The van der Waals surface area contributed by atoms with Crippen molar-refractivity contribution >= 4 is 18.3 Å². The van der Waals surface area contributed by atoms with Gasteiger partial charge >= 0.3 is 0 Å². The number of piperidine rings is 1. The van der Waals surface area contributed by atoms with Gasteiger partial charge in [-0.1, -0.05) is 19.8 Å². The molecule has 1 N–H and O–H groups in total. The lowest BCUT2D eigenvalue weighted by molar-refractivity contribution is 0.0703. The molecule has 0 saturated carbocycles. The van der Waals surface area contributed by atoms with Gasteiger partial charge in [0, 0.05) is 18.7 Å². The molecular weight excluding hydrogens is 312 g/mol. The fraction of sp³-hybridized carbons (Fsp3) is 0.611. The van der Waals surface area contributed by atoms with Crippen LogP contribution in [0.25, 0.3) is 0 Å². The lowest BCUT2D eigenvalue weighted by Crippen LogP contribution is -2.43. The summed E-state index contributed by atoms with van der Waals surface area (Å²) in [6.45, 7) is 4.91. The number of hydrogen-bond acceptors (Lipinski definition) is 3. The average Bonchev–Trinajstić information content (AvgIpc) is 2.59. The second-order valence-corrected chi connectivity index (χ2v) is 5.98. The first-order valence-corrected chi connectivity index (χ1v) is 8.43. The van der Waals surface area contributed by atoms with Gasteiger partial charge in [-0.15, -0.1) is 12.4 Å². The molecule has 130 valence electrons. The third-order valence-corrected chi connectivity index (χ3v) is 4.29. The number of amides is 1. The van der Waals surface area contributed by atoms with E-state index in [1.165, 1.54) is 12.8 Å². The lowest BCUT2D eigenvalue weighted by atomic mass is 10.0. The highest BCUT2D eigenvalue weighted by atomic mass is 35.5. The normalized spacial score (nSPS) is 14.9. The molecular formula is C18H29ClN2O2. The molecule has 1 heterocycles. The van der Waals surface area contributed by atoms with E-state index in [-0.39, 0.29) is 18.3 Å². The fourth-order valence-corrected chi connectivity index (χ4v) is 2.80. The number of nitrogens with zero attached hydrogens (tertiary/aromatic N) is 1. The molecule has 0 bridgehead atoms. The maximum atomic E-state index is 12.5. The fourth-order valence-electron chi connectivity index (χ4n) is 2.80. The van der Waals surface area contributed by atoms with Crippen LogP contribution in [0, 0.1) is 0 Å². The van der Waals surface area contributed by atoms with Gasteiger partial charge in [0.15, 0.2) is 0 Å². The van der Waals surface area contributed by atoms with Crippen LogP contribution in [0.3, 0.4) is 0 Å². The van der Waals surface area contributed by atoms with E-state index in [1.807, 2.05) is 36.2 Å². The summed E-state index contributed by atoms with van der Waals surface area (Å²) in [6.07, 6.45) is 5.52. The standard InChI is InChI=1S/C18H28N2O2.ClH/c1-3-4-5-14-22-17-8-6-15(7-9-17)18(21)20(2)16-10-12-19-13-11-16;/h6-9,16,19H,3-5,10-14H2,1-2H3;1H. The van der Waals surface area contributed by atoms with Crippen molar-refractivity contribution < 1.29 is 9.53 Å². The molecule has 0 atom stereocenters. The Morgan fingerprint density at radius 3 is 2.48 bits per heavy atom. The van der Waals surface area contributed by atoms with Crippen LogP contribution >= 0.6 is 12.4 Å². The van der Waals surface area contributed by atoms with Crippen molar-refractivity contribution in [2.75, 3.05) is 26.7 Å². The molecule has 1 aliphatic rings. The Bertz CT molecular complexity index is 459. The molecule has 0 aliphatic carbocycles. The summed E-state index contributed by atoms with van der Waals surface area (Å²) in [5, 5.41) is 3.33. The first kappa shape index (κ1) is 19.8. The Labute approximate surface area is 146 Å². The molecule has 0 radical (unpaired) electrons. The largest absolute Gasteiger partial charge is 0.494 e. The van der Waals surface area contributed by atoms with E-state index in [1.54, 1.807) is 0 Å². The maximum Gasteiger partial charge on any atom is 0.253 e. The molecule has 23 heavy (non-hydrogen) atoms. The number of hydrogen-bond donors (Lipinski definition) is 1. The van der Waals surface area contributed by atoms with Crippen LogP contribution in [0.4, 0.5) is 0 Å². The molecule has 1 aromatic rings. The van der Waals surface area contributed by atoms with Crippen LogP contribution in [0.15, 0.2) is 24.3 Å². The molecule has 1 fully saturated rings. The van der Waals surface area contributed by atoms with E-state index in [4.69, 9.17) is 4.74 Å². The van der Waals surface area contributed by atoms with E-state index in [0.717, 1.165) is 50.3 Å². The molecule has 1 aromatic carbocycles. The summed E-state index contributed by atoms with van der Waals surface area (Å²) in [5.74, 6) is 0.946. The number of unbranched alkanes of at least 4 members (excludes halogenated alkanes) is 2. The van der Waals surface area contributed by atoms with Crippen molar-refractivity contribution in [3.8, 4) is 5.75 Å². The van der Waals surface area contributed by atoms with Crippen molar-refractivity contribution in [1.82, 2.24) is 10.2 Å². The molecule has 5 heteroatoms. The Morgan fingerprint density at radius 1 is 1.22 bits per heavy atom. The number of benzene rings is 1. The van der Waals surface area contributed by atoms with Gasteiger partial charge in [0.1, 0.15) is 5.75 Å². The highest BCUT2D eigenvalue weighted by Crippen LogP contribution is 2.17. The Balaban J connectivity index is 0.00000264. The summed E-state index contributed by atoms with van der Waals surface area (Å²) in [7, 11) is 1.91. The van der Waals surface area contributed by atoms with E-state index in [0.29, 0.717) is 6.04 Å². The van der Waals surface area contributed by atoms with Gasteiger partial charge in [-0.2, -0.15) is 0 Å². The minimum absolute atomic E-state index is 0. The van der Waals surface area contributed by atoms with E-state index < -0.39 is 0 Å². The zero-order valence-corrected chi connectivity index (χ0v) is 15.0. The van der Waals surface area contributed by atoms with Gasteiger partial charge in [0.25, 0.3) is 5.91 Å². The first-order valence-electron chi connectivity index (χ1n) is 8.43. The third kappa shape index (κ3) is 6.04. The van der Waals surface area contributed by atoms with Crippen LogP contribution in [-0.2, 0) is 0 Å². The smallest absolute Gasteiger partial charge is 0.253 e. The van der Waals surface area contributed by atoms with Gasteiger partial charge in [0.2, 0.25) is 0 Å². The van der Waals surface area contributed by atoms with Crippen LogP contribution < -0.4 is 10.1 Å². The van der Waals surface area contributed by atoms with Crippen LogP contribution in [-0.4, -0.2) is 43.6 Å². The van der Waals surface area contributed by atoms with E-state index in [2.05, 4.69) is 12.2 Å². The quantitative estimate of drug-likeness (QED) is 0.772. The van der Waals surface area contributed by atoms with Gasteiger partial charge < -0.3 is 15.0 Å². The summed E-state index contributed by atoms with van der Waals surface area (Å²) in [4.78, 5) is 14.4. The van der Waals surface area contributed by atoms with Crippen molar-refractivity contribution in [2.24, 2.45) is 0 Å². The molecule has 0 aromatic heterocycles. The van der Waals surface area contributed by atoms with Gasteiger partial charge in [-0.25, -0.2) is 0 Å². The van der Waals surface area contributed by atoms with Gasteiger partial charge in [-0.05, 0) is 56.6 Å². The zero-order valence-electron chi connectivity index (χ0n) is 14.2. The number of ether oxygens (including phenoxy) is 1. The Hall–Kier alpha value is -1.26. The highest BCUT2D eigenvalue weighted by molar-refractivity contribution is 5.94. The van der Waals surface area contributed by atoms with Crippen molar-refractivity contribution in [1.29, 1.82) is 0 Å². The summed E-state index contributed by atoms with van der Waals surface area (Å²) in [5.41, 5.74) is 0.738. The number of rotatable bonds is 7. The molecule has 2 rings (SSSR count). The topological polar surface area (TPSA) is 41.6 Å². The van der Waals surface area contributed by atoms with Crippen LogP contribution in [0.5, 0.6) is 5.75 Å². The van der Waals surface area contributed by atoms with Crippen molar-refractivity contribution in [3.63, 3.8) is 0 Å². The van der Waals surface area contributed by atoms with Crippen molar-refractivity contribution in [2.45, 2.75) is 45.1 Å². The number of halogens is 1. The summed E-state index contributed by atoms with van der Waals surface area (Å²) >= 11 is 0. The van der Waals surface area contributed by atoms with E-state index in [9.17, 15) is 4.79 Å². The van der Waals surface area contributed by atoms with Crippen LogP contribution in [0.2, 0.25) is 0 Å². The third-order valence-electron chi connectivity index (χ3n) is 4.29.